The Bertz CT molecular complexity index is 530. The highest BCUT2D eigenvalue weighted by Gasteiger charge is 2.29. The molecular formula is C12H17N5S. The number of hydrazine groups is 1. The van der Waals surface area contributed by atoms with E-state index in [4.69, 9.17) is 0 Å². The topological polar surface area (TPSA) is 61.9 Å². The first-order chi connectivity index (χ1) is 8.75. The van der Waals surface area contributed by atoms with E-state index in [1.807, 2.05) is 0 Å². The molecule has 1 aliphatic heterocycles. The van der Waals surface area contributed by atoms with Gasteiger partial charge in [0.2, 0.25) is 0 Å². The summed E-state index contributed by atoms with van der Waals surface area (Å²) in [5.41, 5.74) is 6.53. The van der Waals surface area contributed by atoms with Crippen LogP contribution in [0, 0.1) is 5.92 Å². The number of nitrogens with one attached hydrogen (secondary N) is 3. The lowest BCUT2D eigenvalue weighted by Gasteiger charge is -2.18. The number of anilines is 1. The Balaban J connectivity index is 1.75. The van der Waals surface area contributed by atoms with Gasteiger partial charge >= 0.3 is 0 Å². The smallest absolute Gasteiger partial charge is 0.138 e. The van der Waals surface area contributed by atoms with Gasteiger partial charge in [0.15, 0.2) is 0 Å². The van der Waals surface area contributed by atoms with E-state index >= 15 is 0 Å². The number of rotatable bonds is 3. The second-order valence-electron chi connectivity index (χ2n) is 4.77. The Morgan fingerprint density at radius 1 is 1.28 bits per heavy atom. The van der Waals surface area contributed by atoms with Crippen molar-refractivity contribution in [2.24, 2.45) is 5.92 Å². The van der Waals surface area contributed by atoms with Crippen LogP contribution in [0.25, 0.3) is 10.2 Å². The average Bonchev–Trinajstić information content (AvgIpc) is 2.95. The number of thiophene rings is 1. The van der Waals surface area contributed by atoms with E-state index in [0.29, 0.717) is 18.0 Å². The van der Waals surface area contributed by atoms with Gasteiger partial charge in [-0.3, -0.25) is 10.9 Å². The molecular weight excluding hydrogens is 246 g/mol. The first kappa shape index (κ1) is 11.8. The summed E-state index contributed by atoms with van der Waals surface area (Å²) in [4.78, 5) is 9.63. The number of aromatic nitrogens is 2. The average molecular weight is 263 g/mol. The third kappa shape index (κ3) is 2.07. The van der Waals surface area contributed by atoms with Crippen LogP contribution in [0.3, 0.4) is 0 Å². The quantitative estimate of drug-likeness (QED) is 0.785. The van der Waals surface area contributed by atoms with Gasteiger partial charge in [-0.1, -0.05) is 0 Å². The molecule has 18 heavy (non-hydrogen) atoms. The van der Waals surface area contributed by atoms with Gasteiger partial charge in [0, 0.05) is 24.5 Å². The van der Waals surface area contributed by atoms with Crippen LogP contribution in [-0.2, 0) is 0 Å². The summed E-state index contributed by atoms with van der Waals surface area (Å²) in [6.45, 7) is 5.30. The Kier molecular flexibility index (Phi) is 3.15. The van der Waals surface area contributed by atoms with Crippen molar-refractivity contribution in [3.63, 3.8) is 0 Å². The van der Waals surface area contributed by atoms with E-state index in [-0.39, 0.29) is 0 Å². The lowest BCUT2D eigenvalue weighted by Crippen LogP contribution is -2.30. The Morgan fingerprint density at radius 2 is 2.06 bits per heavy atom. The zero-order valence-corrected chi connectivity index (χ0v) is 11.3. The van der Waals surface area contributed by atoms with Crippen LogP contribution < -0.4 is 16.2 Å². The largest absolute Gasteiger partial charge is 0.369 e. The fourth-order valence-corrected chi connectivity index (χ4v) is 3.14. The molecule has 0 aromatic carbocycles. The zero-order valence-electron chi connectivity index (χ0n) is 10.5. The normalized spacial score (nSPS) is 27.8. The highest BCUT2D eigenvalue weighted by molar-refractivity contribution is 7.16. The molecule has 6 heteroatoms. The van der Waals surface area contributed by atoms with Gasteiger partial charge in [-0.05, 0) is 25.3 Å². The molecule has 2 aromatic heterocycles. The molecule has 0 saturated carbocycles. The molecule has 0 radical (unpaired) electrons. The monoisotopic (exact) mass is 263 g/mol. The number of fused-ring (bicyclic) bond motifs is 1. The SMILES string of the molecule is CC1NNC(C)C1CNc1ncnc2sccc12. The number of hydrogen-bond donors (Lipinski definition) is 3. The molecule has 2 atom stereocenters. The van der Waals surface area contributed by atoms with Gasteiger partial charge < -0.3 is 5.32 Å². The standard InChI is InChI=1S/C12H17N5S/c1-7-10(8(2)17-16-7)5-13-11-9-3-4-18-12(9)15-6-14-11/h3-4,6-8,10,16-17H,5H2,1-2H3,(H,13,14,15). The van der Waals surface area contributed by atoms with E-state index < -0.39 is 0 Å². The van der Waals surface area contributed by atoms with Gasteiger partial charge in [0.05, 0.1) is 5.39 Å². The van der Waals surface area contributed by atoms with E-state index in [2.05, 4.69) is 51.4 Å². The summed E-state index contributed by atoms with van der Waals surface area (Å²) in [7, 11) is 0. The van der Waals surface area contributed by atoms with E-state index in [9.17, 15) is 0 Å². The summed E-state index contributed by atoms with van der Waals surface area (Å²) < 4.78 is 0. The van der Waals surface area contributed by atoms with E-state index in [1.54, 1.807) is 17.7 Å². The summed E-state index contributed by atoms with van der Waals surface area (Å²) in [5.74, 6) is 1.49. The Hall–Kier alpha value is -1.24. The van der Waals surface area contributed by atoms with Crippen molar-refractivity contribution in [2.45, 2.75) is 25.9 Å². The molecule has 1 fully saturated rings. The third-order valence-corrected chi connectivity index (χ3v) is 4.41. The van der Waals surface area contributed by atoms with Gasteiger partial charge in [-0.15, -0.1) is 11.3 Å². The van der Waals surface area contributed by atoms with Crippen molar-refractivity contribution < 1.29 is 0 Å². The summed E-state index contributed by atoms with van der Waals surface area (Å²) in [6, 6.07) is 3.00. The van der Waals surface area contributed by atoms with Crippen LogP contribution in [0.15, 0.2) is 17.8 Å². The van der Waals surface area contributed by atoms with E-state index in [0.717, 1.165) is 22.6 Å². The molecule has 0 spiro atoms. The molecule has 1 aliphatic rings. The molecule has 5 nitrogen and oxygen atoms in total. The van der Waals surface area contributed by atoms with Crippen molar-refractivity contribution in [1.82, 2.24) is 20.8 Å². The predicted molar refractivity (Wildman–Crippen MR) is 74.6 cm³/mol. The van der Waals surface area contributed by atoms with E-state index in [1.165, 1.54) is 0 Å². The minimum Gasteiger partial charge on any atom is -0.369 e. The molecule has 3 heterocycles. The maximum Gasteiger partial charge on any atom is 0.138 e. The van der Waals surface area contributed by atoms with Crippen molar-refractivity contribution >= 4 is 27.4 Å². The highest BCUT2D eigenvalue weighted by Crippen LogP contribution is 2.24. The zero-order chi connectivity index (χ0) is 12.5. The van der Waals surface area contributed by atoms with Crippen LogP contribution in [-0.4, -0.2) is 28.6 Å². The molecule has 3 N–H and O–H groups in total. The molecule has 2 unspecified atom stereocenters. The minimum absolute atomic E-state index is 0.465. The number of hydrogen-bond acceptors (Lipinski definition) is 6. The van der Waals surface area contributed by atoms with Gasteiger partial charge in [-0.2, -0.15) is 0 Å². The van der Waals surface area contributed by atoms with Crippen molar-refractivity contribution in [1.29, 1.82) is 0 Å². The van der Waals surface area contributed by atoms with Crippen LogP contribution >= 0.6 is 11.3 Å². The third-order valence-electron chi connectivity index (χ3n) is 3.59. The van der Waals surface area contributed by atoms with Crippen LogP contribution in [0.2, 0.25) is 0 Å². The first-order valence-electron chi connectivity index (χ1n) is 6.19. The van der Waals surface area contributed by atoms with Crippen LogP contribution in [0.4, 0.5) is 5.82 Å². The second-order valence-corrected chi connectivity index (χ2v) is 5.67. The molecule has 2 aromatic rings. The number of nitrogens with zero attached hydrogens (tertiary/aromatic N) is 2. The predicted octanol–water partition coefficient (Wildman–Crippen LogP) is 1.60. The van der Waals surface area contributed by atoms with Gasteiger partial charge in [-0.25, -0.2) is 9.97 Å². The van der Waals surface area contributed by atoms with Gasteiger partial charge in [0.1, 0.15) is 17.0 Å². The van der Waals surface area contributed by atoms with Crippen molar-refractivity contribution in [3.8, 4) is 0 Å². The van der Waals surface area contributed by atoms with Crippen molar-refractivity contribution in [2.75, 3.05) is 11.9 Å². The lowest BCUT2D eigenvalue weighted by molar-refractivity contribution is 0.466. The molecule has 96 valence electrons. The summed E-state index contributed by atoms with van der Waals surface area (Å²) in [5, 5.41) is 6.61. The highest BCUT2D eigenvalue weighted by atomic mass is 32.1. The maximum atomic E-state index is 4.33. The van der Waals surface area contributed by atoms with Gasteiger partial charge in [0.25, 0.3) is 0 Å². The fourth-order valence-electron chi connectivity index (χ4n) is 2.41. The van der Waals surface area contributed by atoms with Crippen LogP contribution in [0.5, 0.6) is 0 Å². The maximum absolute atomic E-state index is 4.33. The minimum atomic E-state index is 0.465. The Morgan fingerprint density at radius 3 is 2.83 bits per heavy atom. The van der Waals surface area contributed by atoms with Crippen molar-refractivity contribution in [3.05, 3.63) is 17.8 Å². The Labute approximate surface area is 110 Å². The molecule has 3 rings (SSSR count). The molecule has 0 amide bonds. The first-order valence-corrected chi connectivity index (χ1v) is 7.07. The molecule has 1 saturated heterocycles. The van der Waals surface area contributed by atoms with Crippen LogP contribution in [0.1, 0.15) is 13.8 Å². The fraction of sp³-hybridized carbons (Fsp3) is 0.500. The molecule has 0 bridgehead atoms. The summed E-state index contributed by atoms with van der Waals surface area (Å²) >= 11 is 1.64. The lowest BCUT2D eigenvalue weighted by atomic mass is 9.97. The molecule has 0 aliphatic carbocycles. The summed E-state index contributed by atoms with van der Waals surface area (Å²) in [6.07, 6.45) is 1.62. The second kappa shape index (κ2) is 4.79.